The van der Waals surface area contributed by atoms with Crippen molar-refractivity contribution in [2.24, 2.45) is 5.92 Å². The summed E-state index contributed by atoms with van der Waals surface area (Å²) in [5, 5.41) is 2.33. The number of nitrogens with zero attached hydrogens (tertiary/aromatic N) is 4. The van der Waals surface area contributed by atoms with Gasteiger partial charge >= 0.3 is 0 Å². The highest BCUT2D eigenvalue weighted by molar-refractivity contribution is 5.95. The Morgan fingerprint density at radius 2 is 2.00 bits per heavy atom. The molecule has 1 atom stereocenters. The molecule has 1 aliphatic rings. The summed E-state index contributed by atoms with van der Waals surface area (Å²) < 4.78 is 7.86. The predicted octanol–water partition coefficient (Wildman–Crippen LogP) is 3.81. The fourth-order valence-electron chi connectivity index (χ4n) is 4.40. The van der Waals surface area contributed by atoms with E-state index in [-0.39, 0.29) is 11.8 Å². The van der Waals surface area contributed by atoms with Gasteiger partial charge in [-0.1, -0.05) is 30.3 Å². The topological polar surface area (TPSA) is 60.2 Å². The summed E-state index contributed by atoms with van der Waals surface area (Å²) in [6.07, 6.45) is 10.0. The van der Waals surface area contributed by atoms with Gasteiger partial charge in [0, 0.05) is 61.3 Å². The summed E-state index contributed by atoms with van der Waals surface area (Å²) in [6, 6.07) is 16.4. The average molecular weight is 427 g/mol. The normalized spacial score (nSPS) is 16.8. The molecule has 4 aromatic rings. The standard InChI is InChI=1S/C26H26N4O2/c31-26(25-4-2-1-3-23(25)17-29-10-9-28-19-29)30-11-12-32-18-21(16-30)13-20-5-6-22-7-8-27-15-24(22)14-20/h1-10,14-15,19,21H,11-13,16-18H2/t21-/m1/s1. The molecule has 0 aliphatic carbocycles. The van der Waals surface area contributed by atoms with Gasteiger partial charge < -0.3 is 14.2 Å². The molecule has 1 amide bonds. The van der Waals surface area contributed by atoms with Gasteiger partial charge in [-0.15, -0.1) is 0 Å². The molecule has 0 spiro atoms. The van der Waals surface area contributed by atoms with Crippen molar-refractivity contribution in [2.45, 2.75) is 13.0 Å². The second-order valence-corrected chi connectivity index (χ2v) is 8.35. The molecular weight excluding hydrogens is 400 g/mol. The van der Waals surface area contributed by atoms with Gasteiger partial charge in [-0.3, -0.25) is 9.78 Å². The average Bonchev–Trinajstić information content (AvgIpc) is 3.23. The van der Waals surface area contributed by atoms with E-state index >= 15 is 0 Å². The van der Waals surface area contributed by atoms with Crippen LogP contribution >= 0.6 is 0 Å². The third kappa shape index (κ3) is 4.55. The maximum atomic E-state index is 13.5. The van der Waals surface area contributed by atoms with Gasteiger partial charge in [0.2, 0.25) is 0 Å². The maximum absolute atomic E-state index is 13.5. The van der Waals surface area contributed by atoms with Crippen LogP contribution in [0, 0.1) is 5.92 Å². The summed E-state index contributed by atoms with van der Waals surface area (Å²) in [6.45, 7) is 3.14. The lowest BCUT2D eigenvalue weighted by Crippen LogP contribution is -2.37. The van der Waals surface area contributed by atoms with E-state index < -0.39 is 0 Å². The smallest absolute Gasteiger partial charge is 0.254 e. The number of ether oxygens (including phenoxy) is 1. The van der Waals surface area contributed by atoms with Crippen molar-refractivity contribution < 1.29 is 9.53 Å². The van der Waals surface area contributed by atoms with Gasteiger partial charge in [0.25, 0.3) is 5.91 Å². The highest BCUT2D eigenvalue weighted by atomic mass is 16.5. The highest BCUT2D eigenvalue weighted by Gasteiger charge is 2.25. The second kappa shape index (κ2) is 9.32. The predicted molar refractivity (Wildman–Crippen MR) is 123 cm³/mol. The van der Waals surface area contributed by atoms with E-state index in [0.717, 1.165) is 22.9 Å². The molecule has 5 rings (SSSR count). The fraction of sp³-hybridized carbons (Fsp3) is 0.269. The number of hydrogen-bond donors (Lipinski definition) is 0. The number of aromatic nitrogens is 3. The van der Waals surface area contributed by atoms with Crippen LogP contribution in [0.4, 0.5) is 0 Å². The number of benzene rings is 2. The maximum Gasteiger partial charge on any atom is 0.254 e. The summed E-state index contributed by atoms with van der Waals surface area (Å²) in [7, 11) is 0. The number of carbonyl (C=O) groups is 1. The zero-order valence-corrected chi connectivity index (χ0v) is 17.9. The number of imidazole rings is 1. The van der Waals surface area contributed by atoms with Crippen molar-refractivity contribution in [3.05, 3.63) is 96.3 Å². The van der Waals surface area contributed by atoms with Crippen LogP contribution in [0.1, 0.15) is 21.5 Å². The lowest BCUT2D eigenvalue weighted by molar-refractivity contribution is 0.0736. The Balaban J connectivity index is 1.33. The van der Waals surface area contributed by atoms with E-state index in [1.54, 1.807) is 12.5 Å². The zero-order valence-electron chi connectivity index (χ0n) is 17.9. The molecule has 0 unspecified atom stereocenters. The molecule has 1 saturated heterocycles. The summed E-state index contributed by atoms with van der Waals surface area (Å²) >= 11 is 0. The van der Waals surface area contributed by atoms with Crippen molar-refractivity contribution in [1.82, 2.24) is 19.4 Å². The Morgan fingerprint density at radius 1 is 1.06 bits per heavy atom. The number of pyridine rings is 1. The minimum atomic E-state index is 0.0685. The highest BCUT2D eigenvalue weighted by Crippen LogP contribution is 2.21. The number of rotatable bonds is 5. The van der Waals surface area contributed by atoms with Crippen LogP contribution in [-0.4, -0.2) is 51.6 Å². The molecule has 32 heavy (non-hydrogen) atoms. The number of hydrogen-bond acceptors (Lipinski definition) is 4. The molecule has 1 aliphatic heterocycles. The molecule has 3 heterocycles. The first-order valence-electron chi connectivity index (χ1n) is 11.0. The van der Waals surface area contributed by atoms with E-state index in [0.29, 0.717) is 32.8 Å². The van der Waals surface area contributed by atoms with Crippen molar-refractivity contribution in [3.8, 4) is 0 Å². The van der Waals surface area contributed by atoms with Crippen LogP contribution in [0.25, 0.3) is 10.8 Å². The molecule has 0 bridgehead atoms. The van der Waals surface area contributed by atoms with E-state index in [4.69, 9.17) is 4.74 Å². The molecule has 2 aromatic carbocycles. The third-order valence-corrected chi connectivity index (χ3v) is 6.01. The Bertz CT molecular complexity index is 1210. The minimum absolute atomic E-state index is 0.0685. The molecule has 0 saturated carbocycles. The van der Waals surface area contributed by atoms with Crippen molar-refractivity contribution in [1.29, 1.82) is 0 Å². The third-order valence-electron chi connectivity index (χ3n) is 6.01. The molecular formula is C26H26N4O2. The van der Waals surface area contributed by atoms with Crippen molar-refractivity contribution >= 4 is 16.7 Å². The monoisotopic (exact) mass is 426 g/mol. The summed E-state index contributed by atoms with van der Waals surface area (Å²) in [5.41, 5.74) is 2.99. The lowest BCUT2D eigenvalue weighted by atomic mass is 9.97. The van der Waals surface area contributed by atoms with Gasteiger partial charge in [0.1, 0.15) is 0 Å². The lowest BCUT2D eigenvalue weighted by Gasteiger charge is -2.25. The quantitative estimate of drug-likeness (QED) is 0.487. The van der Waals surface area contributed by atoms with Gasteiger partial charge in [-0.05, 0) is 41.1 Å². The van der Waals surface area contributed by atoms with Crippen LogP contribution in [0.15, 0.2) is 79.6 Å². The van der Waals surface area contributed by atoms with Crippen LogP contribution in [0.5, 0.6) is 0 Å². The zero-order chi connectivity index (χ0) is 21.8. The van der Waals surface area contributed by atoms with E-state index in [2.05, 4.69) is 28.2 Å². The first-order valence-corrected chi connectivity index (χ1v) is 11.0. The van der Waals surface area contributed by atoms with Gasteiger partial charge in [0.05, 0.1) is 19.5 Å². The molecule has 6 heteroatoms. The second-order valence-electron chi connectivity index (χ2n) is 8.35. The Kier molecular flexibility index (Phi) is 5.94. The number of carbonyl (C=O) groups excluding carboxylic acids is 1. The first kappa shape index (κ1) is 20.4. The van der Waals surface area contributed by atoms with Crippen molar-refractivity contribution in [3.63, 3.8) is 0 Å². The largest absolute Gasteiger partial charge is 0.379 e. The Morgan fingerprint density at radius 3 is 2.91 bits per heavy atom. The SMILES string of the molecule is O=C(c1ccccc1Cn1ccnc1)N1CCOC[C@H](Cc2ccc3ccncc3c2)C1. The van der Waals surface area contributed by atoms with Crippen LogP contribution in [0.2, 0.25) is 0 Å². The molecule has 2 aromatic heterocycles. The van der Waals surface area contributed by atoms with Crippen molar-refractivity contribution in [2.75, 3.05) is 26.3 Å². The summed E-state index contributed by atoms with van der Waals surface area (Å²) in [4.78, 5) is 23.8. The fourth-order valence-corrected chi connectivity index (χ4v) is 4.40. The molecule has 1 fully saturated rings. The van der Waals surface area contributed by atoms with Gasteiger partial charge in [-0.2, -0.15) is 0 Å². The molecule has 6 nitrogen and oxygen atoms in total. The minimum Gasteiger partial charge on any atom is -0.379 e. The van der Waals surface area contributed by atoms with E-state index in [9.17, 15) is 4.79 Å². The Labute approximate surface area is 187 Å². The van der Waals surface area contributed by atoms with Gasteiger partial charge in [0.15, 0.2) is 0 Å². The molecule has 0 radical (unpaired) electrons. The number of amides is 1. The van der Waals surface area contributed by atoms with Gasteiger partial charge in [-0.25, -0.2) is 4.98 Å². The molecule has 162 valence electrons. The molecule has 0 N–H and O–H groups in total. The summed E-state index contributed by atoms with van der Waals surface area (Å²) in [5.74, 6) is 0.315. The Hall–Kier alpha value is -3.51. The first-order chi connectivity index (χ1) is 15.8. The number of fused-ring (bicyclic) bond motifs is 1. The van der Waals surface area contributed by atoms with Crippen LogP contribution in [0.3, 0.4) is 0 Å². The van der Waals surface area contributed by atoms with E-state index in [1.165, 1.54) is 10.9 Å². The van der Waals surface area contributed by atoms with E-state index in [1.807, 2.05) is 58.4 Å². The van der Waals surface area contributed by atoms with Crippen LogP contribution in [-0.2, 0) is 17.7 Å². The van der Waals surface area contributed by atoms with Crippen LogP contribution < -0.4 is 0 Å².